The molecule has 1 aliphatic rings. The SMILES string of the molecule is CC1(C)CSCC(Nc2cccc(Cl)c2Cl)C1. The molecular formula is C13H17Cl2NS. The minimum atomic E-state index is 0.394. The van der Waals surface area contributed by atoms with Crippen LogP contribution in [0.3, 0.4) is 0 Å². The summed E-state index contributed by atoms with van der Waals surface area (Å²) in [6.07, 6.45) is 1.17. The summed E-state index contributed by atoms with van der Waals surface area (Å²) >= 11 is 14.2. The van der Waals surface area contributed by atoms with Crippen LogP contribution in [0.15, 0.2) is 18.2 Å². The summed E-state index contributed by atoms with van der Waals surface area (Å²) in [5.74, 6) is 2.36. The molecule has 1 saturated heterocycles. The molecule has 94 valence electrons. The summed E-state index contributed by atoms with van der Waals surface area (Å²) in [4.78, 5) is 0. The molecule has 1 unspecified atom stereocenters. The molecule has 0 amide bonds. The van der Waals surface area contributed by atoms with Crippen LogP contribution in [0, 0.1) is 5.41 Å². The Balaban J connectivity index is 2.08. The van der Waals surface area contributed by atoms with Crippen LogP contribution in [0.1, 0.15) is 20.3 Å². The molecule has 0 aliphatic carbocycles. The average molecular weight is 290 g/mol. The Labute approximate surface area is 117 Å². The highest BCUT2D eigenvalue weighted by Crippen LogP contribution is 2.36. The molecule has 0 aromatic heterocycles. The van der Waals surface area contributed by atoms with Gasteiger partial charge in [-0.15, -0.1) is 0 Å². The van der Waals surface area contributed by atoms with E-state index in [0.717, 1.165) is 11.4 Å². The first-order valence-corrected chi connectivity index (χ1v) is 7.67. The topological polar surface area (TPSA) is 12.0 Å². The molecule has 2 rings (SSSR count). The van der Waals surface area contributed by atoms with Crippen molar-refractivity contribution in [2.45, 2.75) is 26.3 Å². The van der Waals surface area contributed by atoms with E-state index < -0.39 is 0 Å². The van der Waals surface area contributed by atoms with Crippen LogP contribution in [0.25, 0.3) is 0 Å². The van der Waals surface area contributed by atoms with Gasteiger partial charge in [0.05, 0.1) is 15.7 Å². The second kappa shape index (κ2) is 5.29. The smallest absolute Gasteiger partial charge is 0.0823 e. The lowest BCUT2D eigenvalue weighted by Gasteiger charge is -2.35. The maximum absolute atomic E-state index is 6.18. The zero-order chi connectivity index (χ0) is 12.5. The Morgan fingerprint density at radius 2 is 2.12 bits per heavy atom. The van der Waals surface area contributed by atoms with E-state index in [0.29, 0.717) is 21.5 Å². The van der Waals surface area contributed by atoms with Crippen molar-refractivity contribution in [2.75, 3.05) is 16.8 Å². The first-order valence-electron chi connectivity index (χ1n) is 5.76. The number of benzene rings is 1. The molecule has 1 aromatic rings. The van der Waals surface area contributed by atoms with Gasteiger partial charge in [0.1, 0.15) is 0 Å². The lowest BCUT2D eigenvalue weighted by molar-refractivity contribution is 0.358. The second-order valence-electron chi connectivity index (χ2n) is 5.33. The number of hydrogen-bond acceptors (Lipinski definition) is 2. The lowest BCUT2D eigenvalue weighted by Crippen LogP contribution is -2.35. The van der Waals surface area contributed by atoms with Crippen molar-refractivity contribution >= 4 is 40.7 Å². The van der Waals surface area contributed by atoms with Crippen LogP contribution in [-0.4, -0.2) is 17.5 Å². The number of halogens is 2. The summed E-state index contributed by atoms with van der Waals surface area (Å²) in [5, 5.41) is 4.75. The van der Waals surface area contributed by atoms with E-state index in [4.69, 9.17) is 23.2 Å². The van der Waals surface area contributed by atoms with Gasteiger partial charge in [-0.2, -0.15) is 11.8 Å². The third kappa shape index (κ3) is 3.46. The van der Waals surface area contributed by atoms with E-state index in [1.54, 1.807) is 0 Å². The van der Waals surface area contributed by atoms with E-state index in [2.05, 4.69) is 19.2 Å². The standard InChI is InChI=1S/C13H17Cl2NS/c1-13(2)6-9(7-17-8-13)16-11-5-3-4-10(14)12(11)15/h3-5,9,16H,6-8H2,1-2H3. The molecule has 0 radical (unpaired) electrons. The lowest BCUT2D eigenvalue weighted by atomic mass is 9.88. The molecular weight excluding hydrogens is 273 g/mol. The first-order chi connectivity index (χ1) is 7.98. The Bertz CT molecular complexity index is 406. The van der Waals surface area contributed by atoms with E-state index in [1.807, 2.05) is 30.0 Å². The van der Waals surface area contributed by atoms with Crippen LogP contribution >= 0.6 is 35.0 Å². The summed E-state index contributed by atoms with van der Waals surface area (Å²) in [6, 6.07) is 6.20. The number of hydrogen-bond donors (Lipinski definition) is 1. The van der Waals surface area contributed by atoms with Crippen LogP contribution in [0.4, 0.5) is 5.69 Å². The van der Waals surface area contributed by atoms with Gasteiger partial charge < -0.3 is 5.32 Å². The van der Waals surface area contributed by atoms with Crippen LogP contribution in [0.5, 0.6) is 0 Å². The van der Waals surface area contributed by atoms with Crippen molar-refractivity contribution in [2.24, 2.45) is 5.41 Å². The van der Waals surface area contributed by atoms with Gasteiger partial charge in [-0.25, -0.2) is 0 Å². The summed E-state index contributed by atoms with van der Waals surface area (Å²) in [7, 11) is 0. The van der Waals surface area contributed by atoms with E-state index in [-0.39, 0.29) is 0 Å². The highest BCUT2D eigenvalue weighted by atomic mass is 35.5. The normalized spacial score (nSPS) is 23.4. The summed E-state index contributed by atoms with van der Waals surface area (Å²) < 4.78 is 0. The van der Waals surface area contributed by atoms with E-state index in [1.165, 1.54) is 12.2 Å². The zero-order valence-electron chi connectivity index (χ0n) is 10.1. The van der Waals surface area contributed by atoms with Crippen molar-refractivity contribution in [1.29, 1.82) is 0 Å². The minimum absolute atomic E-state index is 0.394. The first kappa shape index (κ1) is 13.4. The van der Waals surface area contributed by atoms with Gasteiger partial charge in [0.15, 0.2) is 0 Å². The molecule has 0 bridgehead atoms. The molecule has 1 aromatic carbocycles. The second-order valence-corrected chi connectivity index (χ2v) is 7.14. The van der Waals surface area contributed by atoms with Gasteiger partial charge in [-0.3, -0.25) is 0 Å². The fourth-order valence-electron chi connectivity index (χ4n) is 2.19. The largest absolute Gasteiger partial charge is 0.380 e. The highest BCUT2D eigenvalue weighted by molar-refractivity contribution is 7.99. The molecule has 1 aliphatic heterocycles. The molecule has 1 fully saturated rings. The monoisotopic (exact) mass is 289 g/mol. The van der Waals surface area contributed by atoms with Gasteiger partial charge in [-0.1, -0.05) is 43.1 Å². The van der Waals surface area contributed by atoms with Crippen molar-refractivity contribution in [3.05, 3.63) is 28.2 Å². The number of anilines is 1. The van der Waals surface area contributed by atoms with Gasteiger partial charge in [0.25, 0.3) is 0 Å². The zero-order valence-corrected chi connectivity index (χ0v) is 12.4. The Kier molecular flexibility index (Phi) is 4.17. The molecule has 0 spiro atoms. The molecule has 1 nitrogen and oxygen atoms in total. The third-order valence-corrected chi connectivity index (χ3v) is 5.36. The van der Waals surface area contributed by atoms with E-state index in [9.17, 15) is 0 Å². The Hall–Kier alpha value is -0.0500. The van der Waals surface area contributed by atoms with Crippen molar-refractivity contribution in [3.8, 4) is 0 Å². The van der Waals surface area contributed by atoms with Gasteiger partial charge >= 0.3 is 0 Å². The fraction of sp³-hybridized carbons (Fsp3) is 0.538. The Morgan fingerprint density at radius 1 is 1.35 bits per heavy atom. The fourth-order valence-corrected chi connectivity index (χ4v) is 3.82. The quantitative estimate of drug-likeness (QED) is 0.828. The van der Waals surface area contributed by atoms with Crippen LogP contribution in [-0.2, 0) is 0 Å². The molecule has 1 atom stereocenters. The van der Waals surface area contributed by atoms with Gasteiger partial charge in [0, 0.05) is 11.8 Å². The van der Waals surface area contributed by atoms with Crippen molar-refractivity contribution in [1.82, 2.24) is 0 Å². The number of nitrogens with one attached hydrogen (secondary N) is 1. The highest BCUT2D eigenvalue weighted by Gasteiger charge is 2.28. The molecule has 0 saturated carbocycles. The average Bonchev–Trinajstić information content (AvgIpc) is 2.23. The minimum Gasteiger partial charge on any atom is -0.380 e. The van der Waals surface area contributed by atoms with Gasteiger partial charge in [-0.05, 0) is 29.7 Å². The molecule has 1 heterocycles. The summed E-state index contributed by atoms with van der Waals surface area (Å²) in [6.45, 7) is 4.63. The van der Waals surface area contributed by atoms with Gasteiger partial charge in [0.2, 0.25) is 0 Å². The maximum Gasteiger partial charge on any atom is 0.0823 e. The van der Waals surface area contributed by atoms with Crippen LogP contribution < -0.4 is 5.32 Å². The van der Waals surface area contributed by atoms with E-state index >= 15 is 0 Å². The predicted octanol–water partition coefficient (Wildman–Crippen LogP) is 4.94. The van der Waals surface area contributed by atoms with Crippen LogP contribution in [0.2, 0.25) is 10.0 Å². The van der Waals surface area contributed by atoms with Crippen molar-refractivity contribution in [3.63, 3.8) is 0 Å². The molecule has 17 heavy (non-hydrogen) atoms. The molecule has 1 N–H and O–H groups in total. The maximum atomic E-state index is 6.18. The number of rotatable bonds is 2. The Morgan fingerprint density at radius 3 is 2.82 bits per heavy atom. The van der Waals surface area contributed by atoms with Crippen molar-refractivity contribution < 1.29 is 0 Å². The predicted molar refractivity (Wildman–Crippen MR) is 79.6 cm³/mol. The number of thioether (sulfide) groups is 1. The third-order valence-electron chi connectivity index (χ3n) is 2.92. The summed E-state index contributed by atoms with van der Waals surface area (Å²) in [5.41, 5.74) is 1.34. The molecule has 4 heteroatoms.